The van der Waals surface area contributed by atoms with Crippen molar-refractivity contribution in [2.75, 3.05) is 13.7 Å². The van der Waals surface area contributed by atoms with Gasteiger partial charge in [-0.3, -0.25) is 14.3 Å². The Morgan fingerprint density at radius 3 is 2.61 bits per heavy atom. The van der Waals surface area contributed by atoms with Crippen molar-refractivity contribution in [1.82, 2.24) is 14.7 Å². The standard InChI is InChI=1S/C17H25N3O3/c1-11-14(10-18-19(11)2)15-8-5-9-20(15)16(21)12-6-4-7-13(12)17(22)23-3/h10,12-13,15H,4-9H2,1-3H3/t12-,13-,15-/m1/s1. The van der Waals surface area contributed by atoms with Crippen LogP contribution in [0.4, 0.5) is 0 Å². The van der Waals surface area contributed by atoms with Gasteiger partial charge in [0.2, 0.25) is 5.91 Å². The summed E-state index contributed by atoms with van der Waals surface area (Å²) in [7, 11) is 3.32. The Labute approximate surface area is 136 Å². The van der Waals surface area contributed by atoms with Crippen molar-refractivity contribution in [3.63, 3.8) is 0 Å². The van der Waals surface area contributed by atoms with Gasteiger partial charge >= 0.3 is 5.97 Å². The molecule has 3 atom stereocenters. The number of likely N-dealkylation sites (tertiary alicyclic amines) is 1. The SMILES string of the molecule is COC(=O)[C@@H]1CCC[C@H]1C(=O)N1CCC[C@@H]1c1cnn(C)c1C. The van der Waals surface area contributed by atoms with E-state index in [-0.39, 0.29) is 29.8 Å². The number of carbonyl (C=O) groups excluding carboxylic acids is 2. The predicted octanol–water partition coefficient (Wildman–Crippen LogP) is 1.98. The number of hydrogen-bond acceptors (Lipinski definition) is 4. The molecule has 2 aliphatic rings. The summed E-state index contributed by atoms with van der Waals surface area (Å²) in [5, 5.41) is 4.31. The third-order valence-corrected chi connectivity index (χ3v) is 5.51. The largest absolute Gasteiger partial charge is 0.469 e. The molecule has 0 bridgehead atoms. The van der Waals surface area contributed by atoms with Crippen molar-refractivity contribution in [2.45, 2.75) is 45.1 Å². The molecule has 0 aromatic carbocycles. The molecule has 1 saturated heterocycles. The van der Waals surface area contributed by atoms with Gasteiger partial charge in [0.05, 0.1) is 31.2 Å². The fourth-order valence-electron chi connectivity index (χ4n) is 4.10. The van der Waals surface area contributed by atoms with Gasteiger partial charge in [-0.2, -0.15) is 5.10 Å². The summed E-state index contributed by atoms with van der Waals surface area (Å²) in [6.45, 7) is 2.80. The van der Waals surface area contributed by atoms with Gasteiger partial charge in [0.25, 0.3) is 0 Å². The summed E-state index contributed by atoms with van der Waals surface area (Å²) >= 11 is 0. The number of nitrogens with zero attached hydrogens (tertiary/aromatic N) is 3. The van der Waals surface area contributed by atoms with Crippen LogP contribution in [0.15, 0.2) is 6.20 Å². The maximum atomic E-state index is 13.1. The Hall–Kier alpha value is -1.85. The lowest BCUT2D eigenvalue weighted by molar-refractivity contribution is -0.152. The number of ether oxygens (including phenoxy) is 1. The summed E-state index contributed by atoms with van der Waals surface area (Å²) in [4.78, 5) is 27.0. The molecule has 3 rings (SSSR count). The van der Waals surface area contributed by atoms with Crippen LogP contribution in [-0.4, -0.2) is 40.2 Å². The van der Waals surface area contributed by atoms with E-state index >= 15 is 0 Å². The molecule has 6 nitrogen and oxygen atoms in total. The number of methoxy groups -OCH3 is 1. The van der Waals surface area contributed by atoms with Crippen LogP contribution in [0.3, 0.4) is 0 Å². The molecule has 1 aromatic rings. The molecule has 1 aliphatic heterocycles. The van der Waals surface area contributed by atoms with Crippen molar-refractivity contribution in [3.05, 3.63) is 17.5 Å². The summed E-state index contributed by atoms with van der Waals surface area (Å²) in [6.07, 6.45) is 6.30. The van der Waals surface area contributed by atoms with E-state index in [1.807, 2.05) is 29.7 Å². The second kappa shape index (κ2) is 6.34. The fraction of sp³-hybridized carbons (Fsp3) is 0.706. The van der Waals surface area contributed by atoms with Crippen LogP contribution in [0.1, 0.15) is 49.4 Å². The van der Waals surface area contributed by atoms with E-state index in [0.29, 0.717) is 0 Å². The third-order valence-electron chi connectivity index (χ3n) is 5.51. The van der Waals surface area contributed by atoms with Crippen molar-refractivity contribution >= 4 is 11.9 Å². The molecule has 1 amide bonds. The first-order chi connectivity index (χ1) is 11.0. The highest BCUT2D eigenvalue weighted by Gasteiger charge is 2.43. The first-order valence-electron chi connectivity index (χ1n) is 8.41. The minimum atomic E-state index is -0.274. The second-order valence-corrected chi connectivity index (χ2v) is 6.67. The number of amides is 1. The number of hydrogen-bond donors (Lipinski definition) is 0. The van der Waals surface area contributed by atoms with Crippen molar-refractivity contribution in [3.8, 4) is 0 Å². The summed E-state index contributed by atoms with van der Waals surface area (Å²) in [5.41, 5.74) is 2.23. The van der Waals surface area contributed by atoms with Crippen LogP contribution < -0.4 is 0 Å². The van der Waals surface area contributed by atoms with E-state index in [4.69, 9.17) is 4.74 Å². The maximum Gasteiger partial charge on any atom is 0.309 e. The van der Waals surface area contributed by atoms with Gasteiger partial charge in [0, 0.05) is 24.8 Å². The van der Waals surface area contributed by atoms with E-state index < -0.39 is 0 Å². The van der Waals surface area contributed by atoms with Gasteiger partial charge in [-0.05, 0) is 32.6 Å². The third kappa shape index (κ3) is 2.75. The van der Waals surface area contributed by atoms with Crippen LogP contribution in [0.2, 0.25) is 0 Å². The average molecular weight is 319 g/mol. The van der Waals surface area contributed by atoms with Crippen LogP contribution in [0.5, 0.6) is 0 Å². The molecule has 0 radical (unpaired) electrons. The molecule has 126 valence electrons. The zero-order valence-corrected chi connectivity index (χ0v) is 14.1. The molecular weight excluding hydrogens is 294 g/mol. The minimum Gasteiger partial charge on any atom is -0.469 e. The maximum absolute atomic E-state index is 13.1. The van der Waals surface area contributed by atoms with Gasteiger partial charge in [0.1, 0.15) is 0 Å². The second-order valence-electron chi connectivity index (χ2n) is 6.67. The van der Waals surface area contributed by atoms with E-state index in [1.54, 1.807) is 0 Å². The molecule has 6 heteroatoms. The first kappa shape index (κ1) is 16.0. The monoisotopic (exact) mass is 319 g/mol. The van der Waals surface area contributed by atoms with Gasteiger partial charge in [-0.25, -0.2) is 0 Å². The summed E-state index contributed by atoms with van der Waals surface area (Å²) in [6, 6.07) is 0.0927. The van der Waals surface area contributed by atoms with Gasteiger partial charge in [-0.15, -0.1) is 0 Å². The summed E-state index contributed by atoms with van der Waals surface area (Å²) in [5.74, 6) is -0.624. The highest BCUT2D eigenvalue weighted by molar-refractivity contribution is 5.86. The molecule has 1 saturated carbocycles. The molecule has 2 heterocycles. The highest BCUT2D eigenvalue weighted by atomic mass is 16.5. The quantitative estimate of drug-likeness (QED) is 0.799. The Morgan fingerprint density at radius 2 is 1.96 bits per heavy atom. The Morgan fingerprint density at radius 1 is 1.22 bits per heavy atom. The lowest BCUT2D eigenvalue weighted by Gasteiger charge is -2.29. The predicted molar refractivity (Wildman–Crippen MR) is 84.5 cm³/mol. The average Bonchev–Trinajstić information content (AvgIpc) is 3.27. The molecule has 0 unspecified atom stereocenters. The topological polar surface area (TPSA) is 64.4 Å². The van der Waals surface area contributed by atoms with Crippen LogP contribution in [-0.2, 0) is 21.4 Å². The number of carbonyl (C=O) groups is 2. The molecule has 23 heavy (non-hydrogen) atoms. The highest BCUT2D eigenvalue weighted by Crippen LogP contribution is 2.39. The van der Waals surface area contributed by atoms with Gasteiger partial charge < -0.3 is 9.64 Å². The van der Waals surface area contributed by atoms with Crippen molar-refractivity contribution < 1.29 is 14.3 Å². The normalized spacial score (nSPS) is 27.4. The van der Waals surface area contributed by atoms with E-state index in [9.17, 15) is 9.59 Å². The first-order valence-corrected chi connectivity index (χ1v) is 8.41. The van der Waals surface area contributed by atoms with Gasteiger partial charge in [-0.1, -0.05) is 6.42 Å². The van der Waals surface area contributed by atoms with E-state index in [1.165, 1.54) is 7.11 Å². The molecule has 0 N–H and O–H groups in total. The molecular formula is C17H25N3O3. The smallest absolute Gasteiger partial charge is 0.309 e. The molecule has 1 aliphatic carbocycles. The molecule has 1 aromatic heterocycles. The van der Waals surface area contributed by atoms with Gasteiger partial charge in [0.15, 0.2) is 0 Å². The van der Waals surface area contributed by atoms with E-state index in [0.717, 1.165) is 49.9 Å². The lowest BCUT2D eigenvalue weighted by Crippen LogP contribution is -2.39. The Balaban J connectivity index is 1.81. The Kier molecular flexibility index (Phi) is 4.41. The van der Waals surface area contributed by atoms with Crippen LogP contribution >= 0.6 is 0 Å². The number of esters is 1. The molecule has 2 fully saturated rings. The fourth-order valence-corrected chi connectivity index (χ4v) is 4.10. The van der Waals surface area contributed by atoms with E-state index in [2.05, 4.69) is 5.10 Å². The minimum absolute atomic E-state index is 0.0927. The number of rotatable bonds is 3. The lowest BCUT2D eigenvalue weighted by atomic mass is 9.94. The van der Waals surface area contributed by atoms with Crippen LogP contribution in [0.25, 0.3) is 0 Å². The Bertz CT molecular complexity index is 610. The zero-order valence-electron chi connectivity index (χ0n) is 14.1. The van der Waals surface area contributed by atoms with Crippen molar-refractivity contribution in [1.29, 1.82) is 0 Å². The zero-order chi connectivity index (χ0) is 16.6. The van der Waals surface area contributed by atoms with Crippen molar-refractivity contribution in [2.24, 2.45) is 18.9 Å². The number of aryl methyl sites for hydroxylation is 1. The van der Waals surface area contributed by atoms with Crippen LogP contribution in [0, 0.1) is 18.8 Å². The summed E-state index contributed by atoms with van der Waals surface area (Å²) < 4.78 is 6.74. The molecule has 0 spiro atoms. The number of aromatic nitrogens is 2.